The van der Waals surface area contributed by atoms with Gasteiger partial charge in [0.25, 0.3) is 0 Å². The van der Waals surface area contributed by atoms with Crippen molar-refractivity contribution in [1.29, 1.82) is 0 Å². The highest BCUT2D eigenvalue weighted by molar-refractivity contribution is 7.80. The first-order valence-corrected chi connectivity index (χ1v) is 4.15. The third-order valence-corrected chi connectivity index (χ3v) is 2.64. The van der Waals surface area contributed by atoms with Crippen LogP contribution in [0.15, 0.2) is 24.3 Å². The number of thiol groups is 1. The lowest BCUT2D eigenvalue weighted by Gasteiger charge is -2.00. The molecule has 0 N–H and O–H groups in total. The second-order valence-corrected chi connectivity index (χ2v) is 3.38. The topological polar surface area (TPSA) is 0 Å². The quantitative estimate of drug-likeness (QED) is 0.540. The van der Waals surface area contributed by atoms with Crippen LogP contribution in [0.1, 0.15) is 22.8 Å². The fourth-order valence-electron chi connectivity index (χ4n) is 1.53. The van der Waals surface area contributed by atoms with Gasteiger partial charge in [-0.3, -0.25) is 0 Å². The molecule has 1 heteroatoms. The van der Waals surface area contributed by atoms with E-state index in [2.05, 4.69) is 36.9 Å². The van der Waals surface area contributed by atoms with E-state index in [-0.39, 0.29) is 0 Å². The molecule has 0 saturated heterocycles. The van der Waals surface area contributed by atoms with E-state index in [1.54, 1.807) is 0 Å². The van der Waals surface area contributed by atoms with Crippen LogP contribution in [0, 0.1) is 0 Å². The molecule has 0 aromatic heterocycles. The van der Waals surface area contributed by atoms with Crippen LogP contribution in [0.5, 0.6) is 0 Å². The summed E-state index contributed by atoms with van der Waals surface area (Å²) in [4.78, 5) is 0. The molecule has 0 aliphatic heterocycles. The van der Waals surface area contributed by atoms with E-state index in [1.807, 2.05) is 0 Å². The lowest BCUT2D eigenvalue weighted by atomic mass is 10.1. The highest BCUT2D eigenvalue weighted by Gasteiger charge is 2.17. The van der Waals surface area contributed by atoms with Crippen molar-refractivity contribution in [3.8, 4) is 0 Å². The van der Waals surface area contributed by atoms with Crippen molar-refractivity contribution in [2.24, 2.45) is 0 Å². The minimum Gasteiger partial charge on any atom is -0.171 e. The largest absolute Gasteiger partial charge is 0.171 e. The van der Waals surface area contributed by atoms with Gasteiger partial charge in [0.2, 0.25) is 0 Å². The summed E-state index contributed by atoms with van der Waals surface area (Å²) in [6.45, 7) is 0. The normalized spacial score (nSPS) is 22.7. The van der Waals surface area contributed by atoms with Gasteiger partial charge in [-0.15, -0.1) is 0 Å². The Balaban J connectivity index is 2.51. The molecular formula is C9H10S. The van der Waals surface area contributed by atoms with E-state index in [1.165, 1.54) is 24.0 Å². The smallest absolute Gasteiger partial charge is 0.0273 e. The molecule has 52 valence electrons. The molecule has 1 aliphatic carbocycles. The van der Waals surface area contributed by atoms with Crippen molar-refractivity contribution in [2.75, 3.05) is 0 Å². The Morgan fingerprint density at radius 3 is 2.90 bits per heavy atom. The summed E-state index contributed by atoms with van der Waals surface area (Å²) in [7, 11) is 0. The zero-order valence-electron chi connectivity index (χ0n) is 5.75. The zero-order valence-corrected chi connectivity index (χ0v) is 6.64. The van der Waals surface area contributed by atoms with Gasteiger partial charge in [0.05, 0.1) is 0 Å². The first-order chi connectivity index (χ1) is 4.88. The summed E-state index contributed by atoms with van der Waals surface area (Å²) < 4.78 is 0. The monoisotopic (exact) mass is 150 g/mol. The molecule has 1 aromatic carbocycles. The van der Waals surface area contributed by atoms with Crippen LogP contribution in [0.25, 0.3) is 0 Å². The maximum Gasteiger partial charge on any atom is 0.0273 e. The SMILES string of the molecule is S[C@H]1CCc2ccccc21. The van der Waals surface area contributed by atoms with Crippen molar-refractivity contribution in [2.45, 2.75) is 18.1 Å². The van der Waals surface area contributed by atoms with Crippen LogP contribution in [-0.2, 0) is 6.42 Å². The Hall–Kier alpha value is -0.430. The first-order valence-electron chi connectivity index (χ1n) is 3.64. The van der Waals surface area contributed by atoms with Gasteiger partial charge in [-0.2, -0.15) is 12.6 Å². The van der Waals surface area contributed by atoms with Gasteiger partial charge >= 0.3 is 0 Å². The van der Waals surface area contributed by atoms with Crippen molar-refractivity contribution < 1.29 is 0 Å². The molecule has 0 unspecified atom stereocenters. The third kappa shape index (κ3) is 0.853. The second kappa shape index (κ2) is 2.31. The fourth-order valence-corrected chi connectivity index (χ4v) is 1.92. The summed E-state index contributed by atoms with van der Waals surface area (Å²) in [5, 5.41) is 0.496. The molecule has 0 amide bonds. The highest BCUT2D eigenvalue weighted by atomic mass is 32.1. The van der Waals surface area contributed by atoms with Crippen LogP contribution in [0.4, 0.5) is 0 Å². The molecule has 0 heterocycles. The number of rotatable bonds is 0. The molecule has 1 aliphatic rings. The van der Waals surface area contributed by atoms with E-state index >= 15 is 0 Å². The number of benzene rings is 1. The first kappa shape index (κ1) is 6.29. The number of fused-ring (bicyclic) bond motifs is 1. The highest BCUT2D eigenvalue weighted by Crippen LogP contribution is 2.34. The average Bonchev–Trinajstić information content (AvgIpc) is 2.34. The summed E-state index contributed by atoms with van der Waals surface area (Å²) in [6.07, 6.45) is 2.42. The maximum absolute atomic E-state index is 4.47. The van der Waals surface area contributed by atoms with Crippen molar-refractivity contribution in [3.63, 3.8) is 0 Å². The van der Waals surface area contributed by atoms with Crippen LogP contribution in [-0.4, -0.2) is 0 Å². The Bertz CT molecular complexity index is 242. The van der Waals surface area contributed by atoms with E-state index in [9.17, 15) is 0 Å². The Morgan fingerprint density at radius 1 is 1.30 bits per heavy atom. The Labute approximate surface area is 66.7 Å². The van der Waals surface area contributed by atoms with Gasteiger partial charge in [0.15, 0.2) is 0 Å². The molecule has 0 bridgehead atoms. The zero-order chi connectivity index (χ0) is 6.97. The van der Waals surface area contributed by atoms with Crippen molar-refractivity contribution in [3.05, 3.63) is 35.4 Å². The number of aryl methyl sites for hydroxylation is 1. The third-order valence-electron chi connectivity index (χ3n) is 2.10. The summed E-state index contributed by atoms with van der Waals surface area (Å²) in [5.74, 6) is 0. The minimum atomic E-state index is 0.496. The fraction of sp³-hybridized carbons (Fsp3) is 0.333. The van der Waals surface area contributed by atoms with Gasteiger partial charge in [0, 0.05) is 5.25 Å². The van der Waals surface area contributed by atoms with Crippen LogP contribution in [0.3, 0.4) is 0 Å². The predicted molar refractivity (Wildman–Crippen MR) is 46.5 cm³/mol. The summed E-state index contributed by atoms with van der Waals surface area (Å²) in [5.41, 5.74) is 2.92. The molecule has 0 fully saturated rings. The predicted octanol–water partition coefficient (Wildman–Crippen LogP) is 2.60. The van der Waals surface area contributed by atoms with E-state index in [4.69, 9.17) is 0 Å². The molecular weight excluding hydrogens is 140 g/mol. The van der Waals surface area contributed by atoms with Gasteiger partial charge in [-0.05, 0) is 24.0 Å². The summed E-state index contributed by atoms with van der Waals surface area (Å²) >= 11 is 4.47. The lowest BCUT2D eigenvalue weighted by Crippen LogP contribution is -1.80. The van der Waals surface area contributed by atoms with Gasteiger partial charge in [-0.1, -0.05) is 24.3 Å². The van der Waals surface area contributed by atoms with Gasteiger partial charge in [-0.25, -0.2) is 0 Å². The number of hydrogen-bond donors (Lipinski definition) is 1. The molecule has 0 saturated carbocycles. The van der Waals surface area contributed by atoms with Gasteiger partial charge < -0.3 is 0 Å². The molecule has 0 radical (unpaired) electrons. The Morgan fingerprint density at radius 2 is 2.10 bits per heavy atom. The molecule has 2 rings (SSSR count). The molecule has 0 nitrogen and oxygen atoms in total. The summed E-state index contributed by atoms with van der Waals surface area (Å²) in [6, 6.07) is 8.57. The standard InChI is InChI=1S/C9H10S/c10-9-6-5-7-3-1-2-4-8(7)9/h1-4,9-10H,5-6H2/t9-/m0/s1. The van der Waals surface area contributed by atoms with E-state index in [0.29, 0.717) is 5.25 Å². The lowest BCUT2D eigenvalue weighted by molar-refractivity contribution is 0.897. The van der Waals surface area contributed by atoms with Crippen molar-refractivity contribution in [1.82, 2.24) is 0 Å². The average molecular weight is 150 g/mol. The molecule has 1 aromatic rings. The molecule has 1 atom stereocenters. The molecule has 0 spiro atoms. The van der Waals surface area contributed by atoms with Gasteiger partial charge in [0.1, 0.15) is 0 Å². The number of hydrogen-bond acceptors (Lipinski definition) is 1. The van der Waals surface area contributed by atoms with E-state index in [0.717, 1.165) is 0 Å². The van der Waals surface area contributed by atoms with Crippen LogP contribution in [0.2, 0.25) is 0 Å². The molecule has 10 heavy (non-hydrogen) atoms. The van der Waals surface area contributed by atoms with Crippen LogP contribution < -0.4 is 0 Å². The van der Waals surface area contributed by atoms with E-state index < -0.39 is 0 Å². The van der Waals surface area contributed by atoms with Crippen LogP contribution >= 0.6 is 12.6 Å². The minimum absolute atomic E-state index is 0.496. The second-order valence-electron chi connectivity index (χ2n) is 2.75. The Kier molecular flexibility index (Phi) is 1.46. The van der Waals surface area contributed by atoms with Crippen molar-refractivity contribution >= 4 is 12.6 Å². The maximum atomic E-state index is 4.47.